The van der Waals surface area contributed by atoms with Crippen LogP contribution in [0.4, 0.5) is 15.8 Å². The van der Waals surface area contributed by atoms with Gasteiger partial charge in [0.05, 0.1) is 25.1 Å². The van der Waals surface area contributed by atoms with Crippen LogP contribution in [-0.4, -0.2) is 13.7 Å². The van der Waals surface area contributed by atoms with Crippen molar-refractivity contribution in [2.75, 3.05) is 24.8 Å². The molecule has 0 fully saturated rings. The molecule has 2 aromatic carbocycles. The fourth-order valence-electron chi connectivity index (χ4n) is 2.03. The van der Waals surface area contributed by atoms with Gasteiger partial charge in [0, 0.05) is 24.2 Å². The number of hydrogen-bond acceptors (Lipinski definition) is 4. The maximum absolute atomic E-state index is 13.6. The number of hydrogen-bond donors (Lipinski definition) is 2. The molecular weight excluding hydrogens is 271 g/mol. The van der Waals surface area contributed by atoms with Gasteiger partial charge in [-0.05, 0) is 13.0 Å². The molecule has 0 amide bonds. The maximum Gasteiger partial charge on any atom is 0.167 e. The van der Waals surface area contributed by atoms with Gasteiger partial charge < -0.3 is 20.5 Å². The highest BCUT2D eigenvalue weighted by atomic mass is 19.1. The standard InChI is InChI=1S/C16H19FN2O2/c1-3-21-16-9-14(13(18)8-12(16)17)19-10-11-6-4-5-7-15(11)20-2/h4-9,19H,3,10,18H2,1-2H3. The minimum Gasteiger partial charge on any atom is -0.496 e. The molecule has 0 bridgehead atoms. The second kappa shape index (κ2) is 6.83. The number of nitrogen functional groups attached to an aromatic ring is 1. The Labute approximate surface area is 123 Å². The van der Waals surface area contributed by atoms with Gasteiger partial charge in [-0.25, -0.2) is 4.39 Å². The van der Waals surface area contributed by atoms with Gasteiger partial charge in [-0.1, -0.05) is 18.2 Å². The molecule has 112 valence electrons. The van der Waals surface area contributed by atoms with Crippen molar-refractivity contribution in [1.29, 1.82) is 0 Å². The Morgan fingerprint density at radius 1 is 1.19 bits per heavy atom. The van der Waals surface area contributed by atoms with E-state index in [0.717, 1.165) is 11.3 Å². The number of nitrogens with one attached hydrogen (secondary N) is 1. The molecule has 0 aliphatic heterocycles. The second-order valence-corrected chi connectivity index (χ2v) is 4.47. The van der Waals surface area contributed by atoms with Crippen molar-refractivity contribution >= 4 is 11.4 Å². The largest absolute Gasteiger partial charge is 0.496 e. The zero-order valence-electron chi connectivity index (χ0n) is 12.2. The van der Waals surface area contributed by atoms with Gasteiger partial charge >= 0.3 is 0 Å². The summed E-state index contributed by atoms with van der Waals surface area (Å²) in [5.41, 5.74) is 7.79. The summed E-state index contributed by atoms with van der Waals surface area (Å²) in [6.45, 7) is 2.72. The third kappa shape index (κ3) is 3.56. The summed E-state index contributed by atoms with van der Waals surface area (Å²) < 4.78 is 24.2. The third-order valence-electron chi connectivity index (χ3n) is 3.07. The number of halogens is 1. The predicted molar refractivity (Wildman–Crippen MR) is 82.3 cm³/mol. The summed E-state index contributed by atoms with van der Waals surface area (Å²) in [6.07, 6.45) is 0. The minimum absolute atomic E-state index is 0.189. The van der Waals surface area contributed by atoms with Gasteiger partial charge in [0.15, 0.2) is 11.6 Å². The second-order valence-electron chi connectivity index (χ2n) is 4.47. The van der Waals surface area contributed by atoms with Crippen LogP contribution in [0.3, 0.4) is 0 Å². The highest BCUT2D eigenvalue weighted by Gasteiger charge is 2.09. The molecule has 0 unspecified atom stereocenters. The molecular formula is C16H19FN2O2. The molecule has 0 spiro atoms. The number of methoxy groups -OCH3 is 1. The lowest BCUT2D eigenvalue weighted by Crippen LogP contribution is -2.05. The number of para-hydroxylation sites is 1. The van der Waals surface area contributed by atoms with Crippen LogP contribution in [0.25, 0.3) is 0 Å². The van der Waals surface area contributed by atoms with E-state index in [1.165, 1.54) is 6.07 Å². The van der Waals surface area contributed by atoms with Crippen molar-refractivity contribution in [3.8, 4) is 11.5 Å². The quantitative estimate of drug-likeness (QED) is 0.800. The van der Waals surface area contributed by atoms with E-state index >= 15 is 0 Å². The van der Waals surface area contributed by atoms with Crippen molar-refractivity contribution < 1.29 is 13.9 Å². The highest BCUT2D eigenvalue weighted by Crippen LogP contribution is 2.29. The molecule has 5 heteroatoms. The average Bonchev–Trinajstić information content (AvgIpc) is 2.49. The average molecular weight is 290 g/mol. The zero-order valence-corrected chi connectivity index (χ0v) is 12.2. The summed E-state index contributed by atoms with van der Waals surface area (Å²) >= 11 is 0. The van der Waals surface area contributed by atoms with E-state index in [2.05, 4.69) is 5.32 Å². The molecule has 3 N–H and O–H groups in total. The van der Waals surface area contributed by atoms with Gasteiger partial charge in [-0.2, -0.15) is 0 Å². The Morgan fingerprint density at radius 2 is 1.95 bits per heavy atom. The van der Waals surface area contributed by atoms with E-state index in [-0.39, 0.29) is 5.75 Å². The van der Waals surface area contributed by atoms with Crippen LogP contribution in [0.5, 0.6) is 11.5 Å². The number of rotatable bonds is 6. The molecule has 0 aliphatic carbocycles. The lowest BCUT2D eigenvalue weighted by Gasteiger charge is -2.14. The van der Waals surface area contributed by atoms with Crippen molar-refractivity contribution in [1.82, 2.24) is 0 Å². The van der Waals surface area contributed by atoms with E-state index in [9.17, 15) is 4.39 Å². The van der Waals surface area contributed by atoms with Crippen LogP contribution in [0.2, 0.25) is 0 Å². The topological polar surface area (TPSA) is 56.5 Å². The number of nitrogens with two attached hydrogens (primary N) is 1. The van der Waals surface area contributed by atoms with Gasteiger partial charge in [-0.15, -0.1) is 0 Å². The Bertz CT molecular complexity index is 617. The summed E-state index contributed by atoms with van der Waals surface area (Å²) in [6, 6.07) is 10.5. The number of ether oxygens (including phenoxy) is 2. The van der Waals surface area contributed by atoms with Crippen LogP contribution < -0.4 is 20.5 Å². The molecule has 2 rings (SSSR count). The first-order valence-corrected chi connectivity index (χ1v) is 6.73. The number of anilines is 2. The van der Waals surface area contributed by atoms with Gasteiger partial charge in [0.1, 0.15) is 5.75 Å². The van der Waals surface area contributed by atoms with E-state index in [1.54, 1.807) is 20.1 Å². The molecule has 0 aromatic heterocycles. The molecule has 2 aromatic rings. The van der Waals surface area contributed by atoms with Crippen LogP contribution in [0.1, 0.15) is 12.5 Å². The molecule has 21 heavy (non-hydrogen) atoms. The molecule has 0 radical (unpaired) electrons. The fraction of sp³-hybridized carbons (Fsp3) is 0.250. The minimum atomic E-state index is -0.461. The summed E-state index contributed by atoms with van der Waals surface area (Å²) in [4.78, 5) is 0. The molecule has 0 aliphatic rings. The fourth-order valence-corrected chi connectivity index (χ4v) is 2.03. The van der Waals surface area contributed by atoms with Gasteiger partial charge in [0.25, 0.3) is 0 Å². The van der Waals surface area contributed by atoms with E-state index < -0.39 is 5.82 Å². The van der Waals surface area contributed by atoms with Gasteiger partial charge in [0.2, 0.25) is 0 Å². The van der Waals surface area contributed by atoms with E-state index in [0.29, 0.717) is 24.5 Å². The molecule has 4 nitrogen and oxygen atoms in total. The SMILES string of the molecule is CCOc1cc(NCc2ccccc2OC)c(N)cc1F. The van der Waals surface area contributed by atoms with Crippen LogP contribution in [0, 0.1) is 5.82 Å². The molecule has 0 saturated heterocycles. The van der Waals surface area contributed by atoms with Gasteiger partial charge in [-0.3, -0.25) is 0 Å². The zero-order chi connectivity index (χ0) is 15.2. The first-order chi connectivity index (χ1) is 10.2. The normalized spacial score (nSPS) is 10.2. The predicted octanol–water partition coefficient (Wildman–Crippen LogP) is 3.43. The molecule has 0 atom stereocenters. The Morgan fingerprint density at radius 3 is 2.67 bits per heavy atom. The Balaban J connectivity index is 2.17. The molecule has 0 saturated carbocycles. The summed E-state index contributed by atoms with van der Waals surface area (Å²) in [5, 5.41) is 3.18. The van der Waals surface area contributed by atoms with E-state index in [1.807, 2.05) is 24.3 Å². The Hall–Kier alpha value is -2.43. The van der Waals surface area contributed by atoms with Crippen LogP contribution >= 0.6 is 0 Å². The highest BCUT2D eigenvalue weighted by molar-refractivity contribution is 5.68. The summed E-state index contributed by atoms with van der Waals surface area (Å²) in [7, 11) is 1.62. The maximum atomic E-state index is 13.6. The third-order valence-corrected chi connectivity index (χ3v) is 3.07. The lowest BCUT2D eigenvalue weighted by atomic mass is 10.2. The van der Waals surface area contributed by atoms with Crippen molar-refractivity contribution in [2.24, 2.45) is 0 Å². The Kier molecular flexibility index (Phi) is 4.87. The lowest BCUT2D eigenvalue weighted by molar-refractivity contribution is 0.322. The van der Waals surface area contributed by atoms with Crippen LogP contribution in [-0.2, 0) is 6.54 Å². The number of benzene rings is 2. The smallest absolute Gasteiger partial charge is 0.167 e. The summed E-state index contributed by atoms with van der Waals surface area (Å²) in [5.74, 6) is 0.516. The van der Waals surface area contributed by atoms with Crippen molar-refractivity contribution in [3.05, 3.63) is 47.8 Å². The monoisotopic (exact) mass is 290 g/mol. The van der Waals surface area contributed by atoms with Crippen molar-refractivity contribution in [3.63, 3.8) is 0 Å². The van der Waals surface area contributed by atoms with Crippen molar-refractivity contribution in [2.45, 2.75) is 13.5 Å². The first kappa shape index (κ1) is 15.0. The molecule has 0 heterocycles. The van der Waals surface area contributed by atoms with E-state index in [4.69, 9.17) is 15.2 Å². The van der Waals surface area contributed by atoms with Crippen LogP contribution in [0.15, 0.2) is 36.4 Å². The first-order valence-electron chi connectivity index (χ1n) is 6.73.